The molecule has 0 unspecified atom stereocenters. The third kappa shape index (κ3) is 5.29. The van der Waals surface area contributed by atoms with Crippen molar-refractivity contribution < 1.29 is 9.13 Å². The summed E-state index contributed by atoms with van der Waals surface area (Å²) in [5, 5.41) is 6.44. The zero-order valence-electron chi connectivity index (χ0n) is 13.5. The van der Waals surface area contributed by atoms with Gasteiger partial charge in [-0.3, -0.25) is 0 Å². The van der Waals surface area contributed by atoms with Crippen LogP contribution < -0.4 is 15.4 Å². The number of halogens is 1. The molecule has 2 N–H and O–H groups in total. The molecule has 122 valence electrons. The Morgan fingerprint density at radius 2 is 1.96 bits per heavy atom. The molecule has 2 aromatic carbocycles. The van der Waals surface area contributed by atoms with Crippen LogP contribution in [-0.2, 0) is 13.1 Å². The van der Waals surface area contributed by atoms with Crippen molar-refractivity contribution in [1.82, 2.24) is 10.6 Å². The van der Waals surface area contributed by atoms with E-state index in [1.165, 1.54) is 12.1 Å². The van der Waals surface area contributed by atoms with Crippen molar-refractivity contribution in [3.63, 3.8) is 0 Å². The molecule has 0 aromatic heterocycles. The van der Waals surface area contributed by atoms with Gasteiger partial charge in [0.25, 0.3) is 0 Å². The van der Waals surface area contributed by atoms with Gasteiger partial charge in [0.15, 0.2) is 5.96 Å². The fourth-order valence-corrected chi connectivity index (χ4v) is 2.18. The van der Waals surface area contributed by atoms with Crippen molar-refractivity contribution in [2.75, 3.05) is 13.7 Å². The van der Waals surface area contributed by atoms with Crippen LogP contribution in [0, 0.1) is 5.82 Å². The molecule has 0 heterocycles. The average Bonchev–Trinajstić information content (AvgIpc) is 2.57. The van der Waals surface area contributed by atoms with Gasteiger partial charge in [0.1, 0.15) is 11.6 Å². The molecule has 0 aliphatic carbocycles. The number of aliphatic imine (C=N–C) groups is 1. The number of methoxy groups -OCH3 is 1. The maximum absolute atomic E-state index is 13.2. The van der Waals surface area contributed by atoms with Gasteiger partial charge in [0, 0.05) is 18.7 Å². The summed E-state index contributed by atoms with van der Waals surface area (Å²) in [4.78, 5) is 4.48. The number of rotatable bonds is 6. The molecule has 4 nitrogen and oxygen atoms in total. The van der Waals surface area contributed by atoms with Crippen LogP contribution >= 0.6 is 0 Å². The van der Waals surface area contributed by atoms with E-state index in [9.17, 15) is 4.39 Å². The number of nitrogens with zero attached hydrogens (tertiary/aromatic N) is 1. The van der Waals surface area contributed by atoms with E-state index >= 15 is 0 Å². The number of guanidine groups is 1. The van der Waals surface area contributed by atoms with Crippen LogP contribution in [0.3, 0.4) is 0 Å². The van der Waals surface area contributed by atoms with Crippen LogP contribution in [0.25, 0.3) is 0 Å². The first-order valence-corrected chi connectivity index (χ1v) is 7.61. The van der Waals surface area contributed by atoms with Crippen molar-refractivity contribution in [2.45, 2.75) is 20.0 Å². The van der Waals surface area contributed by atoms with Crippen LogP contribution in [0.15, 0.2) is 53.5 Å². The monoisotopic (exact) mass is 315 g/mol. The van der Waals surface area contributed by atoms with Crippen LogP contribution in [0.2, 0.25) is 0 Å². The number of para-hydroxylation sites is 1. The Bertz CT molecular complexity index is 658. The van der Waals surface area contributed by atoms with Gasteiger partial charge in [-0.2, -0.15) is 0 Å². The van der Waals surface area contributed by atoms with Gasteiger partial charge in [-0.25, -0.2) is 9.38 Å². The number of ether oxygens (including phenoxy) is 1. The SMILES string of the molecule is CCNC(=NCc1cccc(F)c1)NCc1ccccc1OC. The van der Waals surface area contributed by atoms with Crippen LogP contribution in [0.1, 0.15) is 18.1 Å². The molecule has 2 aromatic rings. The topological polar surface area (TPSA) is 45.7 Å². The highest BCUT2D eigenvalue weighted by Gasteiger charge is 2.03. The summed E-state index contributed by atoms with van der Waals surface area (Å²) in [6.07, 6.45) is 0. The molecule has 2 rings (SSSR count). The predicted octanol–water partition coefficient (Wildman–Crippen LogP) is 3.09. The summed E-state index contributed by atoms with van der Waals surface area (Å²) in [7, 11) is 1.65. The number of nitrogens with one attached hydrogen (secondary N) is 2. The van der Waals surface area contributed by atoms with Crippen molar-refractivity contribution >= 4 is 5.96 Å². The second-order valence-corrected chi connectivity index (χ2v) is 4.99. The van der Waals surface area contributed by atoms with E-state index in [1.807, 2.05) is 37.3 Å². The molecule has 0 saturated heterocycles. The van der Waals surface area contributed by atoms with Crippen LogP contribution in [0.5, 0.6) is 5.75 Å². The second kappa shape index (κ2) is 8.78. The van der Waals surface area contributed by atoms with E-state index in [2.05, 4.69) is 15.6 Å². The molecule has 0 aliphatic heterocycles. The second-order valence-electron chi connectivity index (χ2n) is 4.99. The van der Waals surface area contributed by atoms with Gasteiger partial charge >= 0.3 is 0 Å². The fraction of sp³-hybridized carbons (Fsp3) is 0.278. The highest BCUT2D eigenvalue weighted by Crippen LogP contribution is 2.16. The molecule has 23 heavy (non-hydrogen) atoms. The molecular weight excluding hydrogens is 293 g/mol. The average molecular weight is 315 g/mol. The molecule has 0 atom stereocenters. The smallest absolute Gasteiger partial charge is 0.191 e. The molecule has 0 bridgehead atoms. The minimum absolute atomic E-state index is 0.246. The first kappa shape index (κ1) is 16.8. The van der Waals surface area contributed by atoms with Gasteiger partial charge < -0.3 is 15.4 Å². The number of hydrogen-bond acceptors (Lipinski definition) is 2. The minimum atomic E-state index is -0.246. The first-order valence-electron chi connectivity index (χ1n) is 7.61. The Morgan fingerprint density at radius 3 is 2.70 bits per heavy atom. The van der Waals surface area contributed by atoms with Gasteiger partial charge in [-0.05, 0) is 30.7 Å². The Morgan fingerprint density at radius 1 is 1.13 bits per heavy atom. The highest BCUT2D eigenvalue weighted by molar-refractivity contribution is 5.79. The van der Waals surface area contributed by atoms with E-state index in [0.717, 1.165) is 23.4 Å². The summed E-state index contributed by atoms with van der Waals surface area (Å²) in [5.41, 5.74) is 1.88. The summed E-state index contributed by atoms with van der Waals surface area (Å²) in [6, 6.07) is 14.3. The Balaban J connectivity index is 2.01. The van der Waals surface area contributed by atoms with E-state index in [4.69, 9.17) is 4.74 Å². The number of hydrogen-bond donors (Lipinski definition) is 2. The summed E-state index contributed by atoms with van der Waals surface area (Å²) >= 11 is 0. The van der Waals surface area contributed by atoms with Gasteiger partial charge in [0.2, 0.25) is 0 Å². The standard InChI is InChI=1S/C18H22FN3O/c1-3-20-18(21-12-14-7-6-9-16(19)11-14)22-13-15-8-4-5-10-17(15)23-2/h4-11H,3,12-13H2,1-2H3,(H2,20,21,22). The largest absolute Gasteiger partial charge is 0.496 e. The van der Waals surface area contributed by atoms with Crippen molar-refractivity contribution in [3.8, 4) is 5.75 Å². The molecule has 0 amide bonds. The lowest BCUT2D eigenvalue weighted by atomic mass is 10.2. The first-order chi connectivity index (χ1) is 11.2. The fourth-order valence-electron chi connectivity index (χ4n) is 2.18. The number of benzene rings is 2. The maximum atomic E-state index is 13.2. The third-order valence-electron chi connectivity index (χ3n) is 3.29. The van der Waals surface area contributed by atoms with E-state index in [-0.39, 0.29) is 5.82 Å². The van der Waals surface area contributed by atoms with Crippen molar-refractivity contribution in [1.29, 1.82) is 0 Å². The zero-order chi connectivity index (χ0) is 16.5. The zero-order valence-corrected chi connectivity index (χ0v) is 13.5. The lowest BCUT2D eigenvalue weighted by Crippen LogP contribution is -2.36. The quantitative estimate of drug-likeness (QED) is 0.636. The third-order valence-corrected chi connectivity index (χ3v) is 3.29. The molecule has 5 heteroatoms. The molecule has 0 saturated carbocycles. The molecule has 0 aliphatic rings. The Kier molecular flexibility index (Phi) is 6.41. The molecule has 0 fully saturated rings. The van der Waals surface area contributed by atoms with Crippen LogP contribution in [-0.4, -0.2) is 19.6 Å². The Labute approximate surface area is 136 Å². The summed E-state index contributed by atoms with van der Waals surface area (Å²) < 4.78 is 18.5. The van der Waals surface area contributed by atoms with E-state index < -0.39 is 0 Å². The maximum Gasteiger partial charge on any atom is 0.191 e. The molecular formula is C18H22FN3O. The highest BCUT2D eigenvalue weighted by atomic mass is 19.1. The van der Waals surface area contributed by atoms with E-state index in [0.29, 0.717) is 19.0 Å². The van der Waals surface area contributed by atoms with Gasteiger partial charge in [-0.15, -0.1) is 0 Å². The van der Waals surface area contributed by atoms with Crippen molar-refractivity contribution in [3.05, 3.63) is 65.5 Å². The molecule has 0 radical (unpaired) electrons. The van der Waals surface area contributed by atoms with Crippen molar-refractivity contribution in [2.24, 2.45) is 4.99 Å². The van der Waals surface area contributed by atoms with Crippen LogP contribution in [0.4, 0.5) is 4.39 Å². The summed E-state index contributed by atoms with van der Waals surface area (Å²) in [5.74, 6) is 1.27. The molecule has 0 spiro atoms. The minimum Gasteiger partial charge on any atom is -0.496 e. The summed E-state index contributed by atoms with van der Waals surface area (Å²) in [6.45, 7) is 3.77. The lowest BCUT2D eigenvalue weighted by molar-refractivity contribution is 0.409. The predicted molar refractivity (Wildman–Crippen MR) is 91.0 cm³/mol. The van der Waals surface area contributed by atoms with Gasteiger partial charge in [0.05, 0.1) is 13.7 Å². The van der Waals surface area contributed by atoms with Gasteiger partial charge in [-0.1, -0.05) is 30.3 Å². The Hall–Kier alpha value is -2.56. The lowest BCUT2D eigenvalue weighted by Gasteiger charge is -2.13. The van der Waals surface area contributed by atoms with E-state index in [1.54, 1.807) is 13.2 Å². The normalized spacial score (nSPS) is 11.2.